The Bertz CT molecular complexity index is 1230. The molecule has 1 fully saturated rings. The summed E-state index contributed by atoms with van der Waals surface area (Å²) in [6.45, 7) is 1.84. The van der Waals surface area contributed by atoms with Crippen LogP contribution in [0, 0.1) is 0 Å². The number of hydrogen-bond donors (Lipinski definition) is 1. The van der Waals surface area contributed by atoms with Crippen molar-refractivity contribution in [3.05, 3.63) is 71.8 Å². The van der Waals surface area contributed by atoms with Gasteiger partial charge in [-0.25, -0.2) is 8.42 Å². The van der Waals surface area contributed by atoms with Crippen LogP contribution in [0.4, 0.5) is 5.69 Å². The first kappa shape index (κ1) is 23.4. The van der Waals surface area contributed by atoms with Gasteiger partial charge in [0, 0.05) is 43.4 Å². The van der Waals surface area contributed by atoms with Gasteiger partial charge in [-0.2, -0.15) is 4.31 Å². The van der Waals surface area contributed by atoms with Crippen molar-refractivity contribution in [2.24, 2.45) is 0 Å². The summed E-state index contributed by atoms with van der Waals surface area (Å²) in [4.78, 5) is 14.2. The highest BCUT2D eigenvalue weighted by Crippen LogP contribution is 2.22. The molecule has 3 aromatic rings. The highest BCUT2D eigenvalue weighted by atomic mass is 35.5. The van der Waals surface area contributed by atoms with Crippen molar-refractivity contribution in [3.8, 4) is 5.75 Å². The van der Waals surface area contributed by atoms with Crippen LogP contribution < -0.4 is 15.0 Å². The lowest BCUT2D eigenvalue weighted by atomic mass is 10.1. The molecule has 0 unspecified atom stereocenters. The molecule has 33 heavy (non-hydrogen) atoms. The number of anilines is 1. The molecular weight excluding hydrogens is 462 g/mol. The number of piperazine rings is 1. The molecule has 0 bridgehead atoms. The molecule has 9 heteroatoms. The fraction of sp³-hybridized carbons (Fsp3) is 0.292. The number of benzene rings is 3. The Morgan fingerprint density at radius 3 is 2.45 bits per heavy atom. The molecule has 3 aromatic carbocycles. The minimum absolute atomic E-state index is 0.0384. The Morgan fingerprint density at radius 2 is 1.70 bits per heavy atom. The molecule has 1 saturated heterocycles. The molecule has 0 atom stereocenters. The fourth-order valence-corrected chi connectivity index (χ4v) is 5.33. The van der Waals surface area contributed by atoms with Crippen LogP contribution in [0.5, 0.6) is 5.75 Å². The van der Waals surface area contributed by atoms with Crippen LogP contribution in [0.15, 0.2) is 66.7 Å². The molecule has 0 spiro atoms. The smallest absolute Gasteiger partial charge is 0.257 e. The largest absolute Gasteiger partial charge is 0.484 e. The van der Waals surface area contributed by atoms with Gasteiger partial charge in [-0.1, -0.05) is 48.0 Å². The monoisotopic (exact) mass is 487 g/mol. The minimum Gasteiger partial charge on any atom is -0.484 e. The van der Waals surface area contributed by atoms with E-state index in [0.717, 1.165) is 16.5 Å². The Hall–Kier alpha value is -2.81. The second kappa shape index (κ2) is 10.4. The number of ether oxygens (including phenoxy) is 1. The van der Waals surface area contributed by atoms with E-state index in [0.29, 0.717) is 37.0 Å². The van der Waals surface area contributed by atoms with Gasteiger partial charge < -0.3 is 15.0 Å². The van der Waals surface area contributed by atoms with Crippen molar-refractivity contribution in [3.63, 3.8) is 0 Å². The number of nitrogens with one attached hydrogen (secondary N) is 1. The van der Waals surface area contributed by atoms with Gasteiger partial charge >= 0.3 is 0 Å². The number of nitrogens with zero attached hydrogens (tertiary/aromatic N) is 2. The zero-order valence-electron chi connectivity index (χ0n) is 18.1. The number of carbonyl (C=O) groups excluding carboxylic acids is 1. The number of fused-ring (bicyclic) bond motifs is 1. The van der Waals surface area contributed by atoms with E-state index in [-0.39, 0.29) is 24.8 Å². The van der Waals surface area contributed by atoms with Crippen LogP contribution in [-0.4, -0.2) is 63.7 Å². The molecule has 1 aliphatic rings. The molecule has 0 aromatic heterocycles. The van der Waals surface area contributed by atoms with Gasteiger partial charge in [0.05, 0.1) is 5.75 Å². The lowest BCUT2D eigenvalue weighted by Gasteiger charge is -2.35. The van der Waals surface area contributed by atoms with Crippen molar-refractivity contribution < 1.29 is 17.9 Å². The first-order valence-electron chi connectivity index (χ1n) is 10.8. The SMILES string of the molecule is O=C(COc1ccc2ccccc2c1)NCCS(=O)(=O)N1CCN(c2cccc(Cl)c2)CC1. The van der Waals surface area contributed by atoms with E-state index in [9.17, 15) is 13.2 Å². The summed E-state index contributed by atoms with van der Waals surface area (Å²) in [6.07, 6.45) is 0. The number of sulfonamides is 1. The standard InChI is InChI=1S/C24H26ClN3O4S/c25-21-6-3-7-22(17-21)27-11-13-28(14-12-27)33(30,31)15-10-26-24(29)18-32-23-9-8-19-4-1-2-5-20(19)16-23/h1-9,16-17H,10-15,18H2,(H,26,29). The van der Waals surface area contributed by atoms with Gasteiger partial charge in [-0.05, 0) is 41.1 Å². The number of rotatable bonds is 8. The van der Waals surface area contributed by atoms with E-state index in [4.69, 9.17) is 16.3 Å². The summed E-state index contributed by atoms with van der Waals surface area (Å²) >= 11 is 6.05. The van der Waals surface area contributed by atoms with Gasteiger partial charge in [-0.3, -0.25) is 4.79 Å². The van der Waals surface area contributed by atoms with E-state index in [1.54, 1.807) is 0 Å². The van der Waals surface area contributed by atoms with Crippen molar-refractivity contribution in [2.45, 2.75) is 0 Å². The molecule has 0 saturated carbocycles. The van der Waals surface area contributed by atoms with Gasteiger partial charge in [0.15, 0.2) is 6.61 Å². The lowest BCUT2D eigenvalue weighted by molar-refractivity contribution is -0.122. The maximum Gasteiger partial charge on any atom is 0.257 e. The third kappa shape index (κ3) is 6.16. The number of hydrogen-bond acceptors (Lipinski definition) is 5. The maximum absolute atomic E-state index is 12.7. The number of carbonyl (C=O) groups is 1. The summed E-state index contributed by atoms with van der Waals surface area (Å²) in [7, 11) is -3.46. The predicted octanol–water partition coefficient (Wildman–Crippen LogP) is 3.14. The van der Waals surface area contributed by atoms with Crippen LogP contribution in [-0.2, 0) is 14.8 Å². The molecule has 0 aliphatic carbocycles. The van der Waals surface area contributed by atoms with Crippen LogP contribution in [0.1, 0.15) is 0 Å². The molecule has 174 valence electrons. The molecule has 1 amide bonds. The predicted molar refractivity (Wildman–Crippen MR) is 131 cm³/mol. The summed E-state index contributed by atoms with van der Waals surface area (Å²) in [6, 6.07) is 21.0. The summed E-state index contributed by atoms with van der Waals surface area (Å²) in [5.74, 6) is 0.0875. The fourth-order valence-electron chi connectivity index (χ4n) is 3.80. The van der Waals surface area contributed by atoms with Gasteiger partial charge in [0.25, 0.3) is 5.91 Å². The van der Waals surface area contributed by atoms with Crippen molar-refractivity contribution in [2.75, 3.05) is 50.0 Å². The zero-order valence-corrected chi connectivity index (χ0v) is 19.7. The third-order valence-corrected chi connectivity index (χ3v) is 7.69. The van der Waals surface area contributed by atoms with E-state index in [2.05, 4.69) is 10.2 Å². The number of halogens is 1. The second-order valence-electron chi connectivity index (χ2n) is 7.83. The zero-order chi connectivity index (χ0) is 23.3. The topological polar surface area (TPSA) is 78.9 Å². The minimum atomic E-state index is -3.46. The highest BCUT2D eigenvalue weighted by Gasteiger charge is 2.27. The molecule has 1 heterocycles. The van der Waals surface area contributed by atoms with E-state index >= 15 is 0 Å². The normalized spacial score (nSPS) is 14.9. The Labute approximate surface area is 198 Å². The summed E-state index contributed by atoms with van der Waals surface area (Å²) in [5.41, 5.74) is 0.984. The summed E-state index contributed by atoms with van der Waals surface area (Å²) in [5, 5.41) is 5.40. The lowest BCUT2D eigenvalue weighted by Crippen LogP contribution is -2.50. The van der Waals surface area contributed by atoms with E-state index in [1.165, 1.54) is 4.31 Å². The van der Waals surface area contributed by atoms with Crippen molar-refractivity contribution in [1.82, 2.24) is 9.62 Å². The van der Waals surface area contributed by atoms with Crippen LogP contribution >= 0.6 is 11.6 Å². The van der Waals surface area contributed by atoms with Gasteiger partial charge in [0.1, 0.15) is 5.75 Å². The number of amides is 1. The maximum atomic E-state index is 12.7. The third-order valence-electron chi connectivity index (χ3n) is 5.58. The Balaban J connectivity index is 1.20. The average Bonchev–Trinajstić information content (AvgIpc) is 2.82. The average molecular weight is 488 g/mol. The molecular formula is C24H26ClN3O4S. The van der Waals surface area contributed by atoms with Crippen molar-refractivity contribution >= 4 is 44.0 Å². The molecule has 7 nitrogen and oxygen atoms in total. The molecule has 4 rings (SSSR count). The first-order valence-corrected chi connectivity index (χ1v) is 12.8. The van der Waals surface area contributed by atoms with E-state index in [1.807, 2.05) is 66.7 Å². The van der Waals surface area contributed by atoms with Crippen LogP contribution in [0.2, 0.25) is 5.02 Å². The molecule has 1 aliphatic heterocycles. The van der Waals surface area contributed by atoms with Gasteiger partial charge in [0.2, 0.25) is 10.0 Å². The molecule has 1 N–H and O–H groups in total. The van der Waals surface area contributed by atoms with Crippen molar-refractivity contribution in [1.29, 1.82) is 0 Å². The van der Waals surface area contributed by atoms with Crippen LogP contribution in [0.25, 0.3) is 10.8 Å². The Kier molecular flexibility index (Phi) is 7.37. The van der Waals surface area contributed by atoms with Gasteiger partial charge in [-0.15, -0.1) is 0 Å². The first-order chi connectivity index (χ1) is 15.9. The van der Waals surface area contributed by atoms with E-state index < -0.39 is 10.0 Å². The Morgan fingerprint density at radius 1 is 0.939 bits per heavy atom. The second-order valence-corrected chi connectivity index (χ2v) is 10.4. The van der Waals surface area contributed by atoms with Crippen LogP contribution in [0.3, 0.4) is 0 Å². The molecule has 0 radical (unpaired) electrons. The quantitative estimate of drug-likeness (QED) is 0.528. The highest BCUT2D eigenvalue weighted by molar-refractivity contribution is 7.89. The summed E-state index contributed by atoms with van der Waals surface area (Å²) < 4.78 is 32.4.